The van der Waals surface area contributed by atoms with Crippen LogP contribution in [-0.2, 0) is 0 Å². The van der Waals surface area contributed by atoms with Crippen molar-refractivity contribution in [3.63, 3.8) is 0 Å². The van der Waals surface area contributed by atoms with Gasteiger partial charge in [-0.3, -0.25) is 0 Å². The van der Waals surface area contributed by atoms with Crippen LogP contribution in [0.3, 0.4) is 0 Å². The third-order valence-electron chi connectivity index (χ3n) is 1.37. The van der Waals surface area contributed by atoms with Gasteiger partial charge in [0.2, 0.25) is 0 Å². The third-order valence-corrected chi connectivity index (χ3v) is 1.37. The minimum atomic E-state index is -1.45. The molecule has 1 N–H and O–H groups in total. The molecule has 0 aromatic heterocycles. The van der Waals surface area contributed by atoms with Crippen LogP contribution in [0.5, 0.6) is 0 Å². The molecule has 1 fully saturated rings. The van der Waals surface area contributed by atoms with Gasteiger partial charge >= 0.3 is 0 Å². The molecule has 1 rings (SSSR count). The molecule has 1 nitrogen and oxygen atoms in total. The Kier molecular flexibility index (Phi) is 1.04. The zero-order valence-electron chi connectivity index (χ0n) is 8.85. The van der Waals surface area contributed by atoms with E-state index in [-0.39, 0.29) is 31.8 Å². The minimum Gasteiger partial charge on any atom is -0.396 e. The molecule has 0 heterocycles. The highest BCUT2D eigenvalue weighted by atomic mass is 16.3. The van der Waals surface area contributed by atoms with E-state index in [9.17, 15) is 0 Å². The van der Waals surface area contributed by atoms with E-state index in [0.29, 0.717) is 0 Å². The van der Waals surface area contributed by atoms with Gasteiger partial charge in [0.15, 0.2) is 0 Å². The van der Waals surface area contributed by atoms with Crippen molar-refractivity contribution in [3.8, 4) is 0 Å². The predicted octanol–water partition coefficient (Wildman–Crippen LogP) is 1.56. The standard InChI is InChI=1S/C7H14O/c8-6-7-4-2-1-3-5-7/h7-8H,1-6H2/i2D2,3D2. The van der Waals surface area contributed by atoms with Crippen LogP contribution in [0.2, 0.25) is 0 Å². The van der Waals surface area contributed by atoms with Crippen molar-refractivity contribution < 1.29 is 10.6 Å². The van der Waals surface area contributed by atoms with E-state index in [4.69, 9.17) is 10.6 Å². The van der Waals surface area contributed by atoms with Gasteiger partial charge in [-0.1, -0.05) is 19.2 Å². The highest BCUT2D eigenvalue weighted by Crippen LogP contribution is 2.22. The SMILES string of the molecule is [2H]C1([2H])CC(CO)CC([2H])([2H])C1. The van der Waals surface area contributed by atoms with Crippen LogP contribution in [-0.4, -0.2) is 11.7 Å². The summed E-state index contributed by atoms with van der Waals surface area (Å²) >= 11 is 0. The Morgan fingerprint density at radius 3 is 2.62 bits per heavy atom. The van der Waals surface area contributed by atoms with E-state index in [1.165, 1.54) is 0 Å². The lowest BCUT2D eigenvalue weighted by Gasteiger charge is -2.18. The summed E-state index contributed by atoms with van der Waals surface area (Å²) in [6.07, 6.45) is -2.38. The molecule has 0 saturated heterocycles. The third kappa shape index (κ3) is 1.48. The molecule has 1 heteroatoms. The maximum atomic E-state index is 8.82. The summed E-state index contributed by atoms with van der Waals surface area (Å²) in [5.74, 6) is -0.219. The lowest BCUT2D eigenvalue weighted by molar-refractivity contribution is 0.190. The normalized spacial score (nSPS) is 43.6. The van der Waals surface area contributed by atoms with E-state index >= 15 is 0 Å². The predicted molar refractivity (Wildman–Crippen MR) is 33.7 cm³/mol. The molecule has 8 heavy (non-hydrogen) atoms. The van der Waals surface area contributed by atoms with Crippen LogP contribution in [0.1, 0.15) is 37.5 Å². The molecule has 1 saturated carbocycles. The van der Waals surface area contributed by atoms with Gasteiger partial charge in [-0.25, -0.2) is 0 Å². The summed E-state index contributed by atoms with van der Waals surface area (Å²) < 4.78 is 29.7. The van der Waals surface area contributed by atoms with Gasteiger partial charge in [0.05, 0.1) is 0 Å². The van der Waals surface area contributed by atoms with Crippen molar-refractivity contribution in [2.45, 2.75) is 32.0 Å². The van der Waals surface area contributed by atoms with Crippen LogP contribution < -0.4 is 0 Å². The van der Waals surface area contributed by atoms with Gasteiger partial charge in [0.25, 0.3) is 0 Å². The lowest BCUT2D eigenvalue weighted by Crippen LogP contribution is -2.09. The lowest BCUT2D eigenvalue weighted by atomic mass is 9.90. The Balaban J connectivity index is 2.66. The van der Waals surface area contributed by atoms with E-state index in [1.807, 2.05) is 0 Å². The van der Waals surface area contributed by atoms with Crippen LogP contribution in [0.25, 0.3) is 0 Å². The largest absolute Gasteiger partial charge is 0.396 e. The van der Waals surface area contributed by atoms with Gasteiger partial charge in [-0.05, 0) is 18.8 Å². The number of aliphatic hydroxyl groups is 1. The van der Waals surface area contributed by atoms with E-state index in [2.05, 4.69) is 0 Å². The summed E-state index contributed by atoms with van der Waals surface area (Å²) in [7, 11) is 0. The van der Waals surface area contributed by atoms with Crippen molar-refractivity contribution in [1.29, 1.82) is 0 Å². The fraction of sp³-hybridized carbons (Fsp3) is 1.00. The summed E-state index contributed by atoms with van der Waals surface area (Å²) in [5, 5.41) is 8.82. The minimum absolute atomic E-state index is 0.0451. The Hall–Kier alpha value is -0.0400. The van der Waals surface area contributed by atoms with E-state index in [1.54, 1.807) is 0 Å². The molecule has 0 spiro atoms. The maximum Gasteiger partial charge on any atom is 0.0459 e. The van der Waals surface area contributed by atoms with Crippen LogP contribution in [0, 0.1) is 5.92 Å². The average Bonchev–Trinajstić information content (AvgIpc) is 1.80. The van der Waals surface area contributed by atoms with E-state index < -0.39 is 12.7 Å². The van der Waals surface area contributed by atoms with Gasteiger partial charge in [-0.15, -0.1) is 0 Å². The highest BCUT2D eigenvalue weighted by Gasteiger charge is 2.10. The summed E-state index contributed by atoms with van der Waals surface area (Å²) in [6, 6.07) is 0. The Morgan fingerprint density at radius 1 is 1.50 bits per heavy atom. The molecular formula is C7H14O. The quantitative estimate of drug-likeness (QED) is 0.554. The van der Waals surface area contributed by atoms with Gasteiger partial charge in [0.1, 0.15) is 0 Å². The molecule has 1 aliphatic carbocycles. The first-order chi connectivity index (χ1) is 5.35. The molecule has 1 aliphatic rings. The smallest absolute Gasteiger partial charge is 0.0459 e. The van der Waals surface area contributed by atoms with Gasteiger partial charge in [-0.2, -0.15) is 0 Å². The zero-order valence-corrected chi connectivity index (χ0v) is 4.85. The first kappa shape index (κ1) is 2.70. The first-order valence-electron chi connectivity index (χ1n) is 4.96. The van der Waals surface area contributed by atoms with Crippen molar-refractivity contribution in [3.05, 3.63) is 0 Å². The monoisotopic (exact) mass is 118 g/mol. The zero-order chi connectivity index (χ0) is 9.41. The van der Waals surface area contributed by atoms with Crippen molar-refractivity contribution >= 4 is 0 Å². The Morgan fingerprint density at radius 2 is 2.12 bits per heavy atom. The fourth-order valence-electron chi connectivity index (χ4n) is 0.842. The molecule has 0 aromatic carbocycles. The topological polar surface area (TPSA) is 20.2 Å². The Labute approximate surface area is 56.3 Å². The van der Waals surface area contributed by atoms with Crippen molar-refractivity contribution in [2.75, 3.05) is 6.61 Å². The van der Waals surface area contributed by atoms with Gasteiger partial charge in [0, 0.05) is 12.1 Å². The van der Waals surface area contributed by atoms with Crippen molar-refractivity contribution in [2.24, 2.45) is 5.92 Å². The van der Waals surface area contributed by atoms with Crippen LogP contribution in [0.15, 0.2) is 0 Å². The van der Waals surface area contributed by atoms with E-state index in [0.717, 1.165) is 0 Å². The average molecular weight is 118 g/mol. The number of aliphatic hydroxyl groups excluding tert-OH is 1. The second-order valence-corrected chi connectivity index (χ2v) is 2.13. The summed E-state index contributed by atoms with van der Waals surface area (Å²) in [6.45, 7) is -0.112. The molecule has 0 aliphatic heterocycles. The molecule has 0 radical (unpaired) electrons. The number of hydrogen-bond acceptors (Lipinski definition) is 1. The van der Waals surface area contributed by atoms with Crippen molar-refractivity contribution in [1.82, 2.24) is 0 Å². The number of rotatable bonds is 1. The maximum absolute atomic E-state index is 8.82. The Bertz CT molecular complexity index is 153. The fourth-order valence-corrected chi connectivity index (χ4v) is 0.842. The molecule has 0 atom stereocenters. The number of hydrogen-bond donors (Lipinski definition) is 1. The highest BCUT2D eigenvalue weighted by molar-refractivity contribution is 4.63. The van der Waals surface area contributed by atoms with Crippen LogP contribution >= 0.6 is 0 Å². The van der Waals surface area contributed by atoms with Crippen LogP contribution in [0.4, 0.5) is 0 Å². The summed E-state index contributed by atoms with van der Waals surface area (Å²) in [4.78, 5) is 0. The molecule has 48 valence electrons. The summed E-state index contributed by atoms with van der Waals surface area (Å²) in [5.41, 5.74) is 0. The molecular weight excluding hydrogens is 100 g/mol. The molecule has 0 unspecified atom stereocenters. The second kappa shape index (κ2) is 3.08. The second-order valence-electron chi connectivity index (χ2n) is 2.13. The first-order valence-corrected chi connectivity index (χ1v) is 2.96. The molecule has 0 aromatic rings. The van der Waals surface area contributed by atoms with Gasteiger partial charge < -0.3 is 5.11 Å². The molecule has 0 amide bonds. The molecule has 0 bridgehead atoms.